The fourth-order valence-electron chi connectivity index (χ4n) is 1.48. The minimum atomic E-state index is -0.593. The summed E-state index contributed by atoms with van der Waals surface area (Å²) in [6, 6.07) is 5.52. The van der Waals surface area contributed by atoms with Crippen LogP contribution in [0, 0.1) is 0 Å². The van der Waals surface area contributed by atoms with Crippen LogP contribution in [0.1, 0.15) is 13.8 Å². The van der Waals surface area contributed by atoms with Crippen molar-refractivity contribution in [2.75, 3.05) is 31.7 Å². The number of aliphatic hydroxyl groups excluding tert-OH is 1. The maximum Gasteiger partial charge on any atom is 0.0945 e. The molecule has 0 amide bonds. The molecule has 0 saturated heterocycles. The summed E-state index contributed by atoms with van der Waals surface area (Å²) >= 11 is 9.42. The van der Waals surface area contributed by atoms with Crippen LogP contribution in [0.5, 0.6) is 0 Å². The average molecular weight is 367 g/mol. The van der Waals surface area contributed by atoms with E-state index < -0.39 is 6.10 Å². The summed E-state index contributed by atoms with van der Waals surface area (Å²) in [5.41, 5.74) is 0.781. The van der Waals surface area contributed by atoms with Gasteiger partial charge in [-0.15, -0.1) is 0 Å². The van der Waals surface area contributed by atoms with E-state index in [1.165, 1.54) is 0 Å². The van der Waals surface area contributed by atoms with Gasteiger partial charge in [0.1, 0.15) is 0 Å². The minimum Gasteiger partial charge on any atom is -0.389 e. The zero-order chi connectivity index (χ0) is 15.0. The predicted octanol–water partition coefficient (Wildman–Crippen LogP) is 3.32. The molecule has 0 saturated carbocycles. The van der Waals surface area contributed by atoms with E-state index in [-0.39, 0.29) is 12.7 Å². The van der Waals surface area contributed by atoms with Crippen molar-refractivity contribution in [3.63, 3.8) is 0 Å². The highest BCUT2D eigenvalue weighted by molar-refractivity contribution is 9.10. The number of hydrogen-bond acceptors (Lipinski definition) is 4. The van der Waals surface area contributed by atoms with Crippen LogP contribution in [0.4, 0.5) is 5.69 Å². The topological polar surface area (TPSA) is 50.7 Å². The second kappa shape index (κ2) is 9.58. The average Bonchev–Trinajstić information content (AvgIpc) is 2.39. The molecular weight excluding hydrogens is 346 g/mol. The summed E-state index contributed by atoms with van der Waals surface area (Å²) in [7, 11) is 0. The first kappa shape index (κ1) is 17.7. The van der Waals surface area contributed by atoms with Gasteiger partial charge < -0.3 is 19.9 Å². The fraction of sp³-hybridized carbons (Fsp3) is 0.571. The maximum atomic E-state index is 9.80. The van der Waals surface area contributed by atoms with E-state index in [0.717, 1.165) is 10.2 Å². The fourth-order valence-corrected chi connectivity index (χ4v) is 2.03. The summed E-state index contributed by atoms with van der Waals surface area (Å²) in [5, 5.41) is 13.5. The van der Waals surface area contributed by atoms with Gasteiger partial charge in [0.2, 0.25) is 0 Å². The summed E-state index contributed by atoms with van der Waals surface area (Å²) < 4.78 is 11.6. The van der Waals surface area contributed by atoms with Crippen molar-refractivity contribution in [1.82, 2.24) is 0 Å². The van der Waals surface area contributed by atoms with Crippen LogP contribution < -0.4 is 5.32 Å². The van der Waals surface area contributed by atoms with Crippen molar-refractivity contribution in [1.29, 1.82) is 0 Å². The van der Waals surface area contributed by atoms with Gasteiger partial charge in [-0.2, -0.15) is 0 Å². The highest BCUT2D eigenvalue weighted by Crippen LogP contribution is 2.25. The first-order chi connectivity index (χ1) is 9.49. The van der Waals surface area contributed by atoms with E-state index in [1.54, 1.807) is 6.07 Å². The highest BCUT2D eigenvalue weighted by atomic mass is 79.9. The zero-order valence-electron chi connectivity index (χ0n) is 11.7. The Morgan fingerprint density at radius 3 is 2.80 bits per heavy atom. The van der Waals surface area contributed by atoms with Gasteiger partial charge in [-0.05, 0) is 32.0 Å². The first-order valence-corrected chi connectivity index (χ1v) is 7.72. The Morgan fingerprint density at radius 1 is 1.35 bits per heavy atom. The van der Waals surface area contributed by atoms with Crippen LogP contribution in [-0.4, -0.2) is 43.7 Å². The lowest BCUT2D eigenvalue weighted by atomic mass is 10.3. The molecule has 6 heteroatoms. The van der Waals surface area contributed by atoms with Crippen molar-refractivity contribution >= 4 is 33.2 Å². The van der Waals surface area contributed by atoms with E-state index in [1.807, 2.05) is 26.0 Å². The summed E-state index contributed by atoms with van der Waals surface area (Å²) in [4.78, 5) is 0. The van der Waals surface area contributed by atoms with Crippen molar-refractivity contribution in [3.8, 4) is 0 Å². The molecule has 1 rings (SSSR count). The predicted molar refractivity (Wildman–Crippen MR) is 85.6 cm³/mol. The number of anilines is 1. The first-order valence-electron chi connectivity index (χ1n) is 6.55. The largest absolute Gasteiger partial charge is 0.389 e. The molecule has 20 heavy (non-hydrogen) atoms. The Kier molecular flexibility index (Phi) is 8.49. The molecule has 1 aromatic rings. The summed E-state index contributed by atoms with van der Waals surface area (Å²) in [5.74, 6) is 0. The number of halogens is 2. The number of benzene rings is 1. The molecule has 0 bridgehead atoms. The SMILES string of the molecule is CC(C)OCCOCC(O)CNc1cc(Br)ccc1Cl. The molecule has 1 aromatic carbocycles. The molecule has 0 heterocycles. The maximum absolute atomic E-state index is 9.80. The van der Waals surface area contributed by atoms with E-state index in [0.29, 0.717) is 24.8 Å². The van der Waals surface area contributed by atoms with Crippen LogP contribution in [0.15, 0.2) is 22.7 Å². The lowest BCUT2D eigenvalue weighted by Crippen LogP contribution is -2.26. The van der Waals surface area contributed by atoms with Gasteiger partial charge in [-0.25, -0.2) is 0 Å². The van der Waals surface area contributed by atoms with Gasteiger partial charge in [0.05, 0.1) is 42.7 Å². The minimum absolute atomic E-state index is 0.198. The van der Waals surface area contributed by atoms with Crippen molar-refractivity contribution in [2.45, 2.75) is 26.1 Å². The zero-order valence-corrected chi connectivity index (χ0v) is 14.1. The third-order valence-electron chi connectivity index (χ3n) is 2.45. The van der Waals surface area contributed by atoms with Gasteiger partial charge in [0, 0.05) is 11.0 Å². The van der Waals surface area contributed by atoms with Gasteiger partial charge in [0.15, 0.2) is 0 Å². The van der Waals surface area contributed by atoms with E-state index >= 15 is 0 Å². The molecule has 114 valence electrons. The van der Waals surface area contributed by atoms with Crippen LogP contribution in [0.25, 0.3) is 0 Å². The molecule has 0 radical (unpaired) electrons. The molecule has 1 unspecified atom stereocenters. The molecular formula is C14H21BrClNO3. The second-order valence-electron chi connectivity index (χ2n) is 4.65. The Labute approximate surface area is 133 Å². The van der Waals surface area contributed by atoms with Crippen LogP contribution in [0.2, 0.25) is 5.02 Å². The third kappa shape index (κ3) is 7.45. The Balaban J connectivity index is 2.19. The molecule has 0 fully saturated rings. The standard InChI is InChI=1S/C14H21BrClNO3/c1-10(2)20-6-5-19-9-12(18)8-17-14-7-11(15)3-4-13(14)16/h3-4,7,10,12,17-18H,5-6,8-9H2,1-2H3. The molecule has 0 spiro atoms. The van der Waals surface area contributed by atoms with Crippen molar-refractivity contribution < 1.29 is 14.6 Å². The Hall–Kier alpha value is -0.330. The quantitative estimate of drug-likeness (QED) is 0.658. The number of aliphatic hydroxyl groups is 1. The van der Waals surface area contributed by atoms with Crippen molar-refractivity contribution in [2.24, 2.45) is 0 Å². The lowest BCUT2D eigenvalue weighted by molar-refractivity contribution is -0.00734. The second-order valence-corrected chi connectivity index (χ2v) is 5.98. The molecule has 0 aliphatic heterocycles. The van der Waals surface area contributed by atoms with Crippen LogP contribution in [0.3, 0.4) is 0 Å². The van der Waals surface area contributed by atoms with E-state index in [4.69, 9.17) is 21.1 Å². The third-order valence-corrected chi connectivity index (χ3v) is 3.27. The van der Waals surface area contributed by atoms with Crippen molar-refractivity contribution in [3.05, 3.63) is 27.7 Å². The van der Waals surface area contributed by atoms with Gasteiger partial charge >= 0.3 is 0 Å². The number of nitrogens with one attached hydrogen (secondary N) is 1. The molecule has 0 aliphatic carbocycles. The molecule has 4 nitrogen and oxygen atoms in total. The monoisotopic (exact) mass is 365 g/mol. The normalized spacial score (nSPS) is 12.7. The van der Waals surface area contributed by atoms with E-state index in [9.17, 15) is 5.11 Å². The smallest absolute Gasteiger partial charge is 0.0945 e. The lowest BCUT2D eigenvalue weighted by Gasteiger charge is -2.15. The van der Waals surface area contributed by atoms with Crippen LogP contribution >= 0.6 is 27.5 Å². The van der Waals surface area contributed by atoms with Gasteiger partial charge in [0.25, 0.3) is 0 Å². The summed E-state index contributed by atoms with van der Waals surface area (Å²) in [6.07, 6.45) is -0.395. The molecule has 0 aliphatic rings. The molecule has 1 atom stereocenters. The number of hydrogen-bond donors (Lipinski definition) is 2. The number of ether oxygens (including phenoxy) is 2. The van der Waals surface area contributed by atoms with E-state index in [2.05, 4.69) is 21.2 Å². The number of rotatable bonds is 9. The molecule has 2 N–H and O–H groups in total. The summed E-state index contributed by atoms with van der Waals surface area (Å²) in [6.45, 7) is 5.60. The van der Waals surface area contributed by atoms with Gasteiger partial charge in [-0.1, -0.05) is 27.5 Å². The molecule has 0 aromatic heterocycles. The van der Waals surface area contributed by atoms with Crippen LogP contribution in [-0.2, 0) is 9.47 Å². The van der Waals surface area contributed by atoms with Gasteiger partial charge in [-0.3, -0.25) is 0 Å². The highest BCUT2D eigenvalue weighted by Gasteiger charge is 2.06. The Morgan fingerprint density at radius 2 is 2.10 bits per heavy atom. The Bertz CT molecular complexity index is 404.